The molecule has 0 radical (unpaired) electrons. The molecule has 1 amide bonds. The highest BCUT2D eigenvalue weighted by Crippen LogP contribution is 2.35. The summed E-state index contributed by atoms with van der Waals surface area (Å²) in [5, 5.41) is 20.9. The lowest BCUT2D eigenvalue weighted by molar-refractivity contribution is -0.218. The lowest BCUT2D eigenvalue weighted by Crippen LogP contribution is -2.64. The second-order valence-electron chi connectivity index (χ2n) is 6.97. The molecule has 150 valence electrons. The lowest BCUT2D eigenvalue weighted by Gasteiger charge is -2.35. The molecule has 2 rings (SSSR count). The molecule has 3 N–H and O–H groups in total. The smallest absolute Gasteiger partial charge is 0.409 e. The standard InChI is InChI=1S/C19H25F2NO5/c20-19(21,16(23)24)18(26,12-11-14-7-3-1-4-8-14)22-17(25)27-13-15-9-5-2-6-10-15/h2,5-6,9-10,14,26H,1,3-4,7-8,11-13H2,(H,22,25)(H,23,24). The van der Waals surface area contributed by atoms with Crippen LogP contribution in [0.5, 0.6) is 0 Å². The average molecular weight is 385 g/mol. The fraction of sp³-hybridized carbons (Fsp3) is 0.579. The van der Waals surface area contributed by atoms with Crippen molar-refractivity contribution in [2.24, 2.45) is 5.92 Å². The molecule has 6 nitrogen and oxygen atoms in total. The van der Waals surface area contributed by atoms with Crippen LogP contribution in [-0.4, -0.2) is 33.9 Å². The molecule has 1 aromatic rings. The van der Waals surface area contributed by atoms with Gasteiger partial charge < -0.3 is 14.9 Å². The molecule has 0 spiro atoms. The summed E-state index contributed by atoms with van der Waals surface area (Å²) < 4.78 is 33.2. The number of amides is 1. The number of alkyl halides is 2. The third-order valence-corrected chi connectivity index (χ3v) is 4.95. The van der Waals surface area contributed by atoms with Gasteiger partial charge in [0.05, 0.1) is 0 Å². The van der Waals surface area contributed by atoms with Gasteiger partial charge in [0, 0.05) is 6.42 Å². The van der Waals surface area contributed by atoms with Gasteiger partial charge in [-0.2, -0.15) is 8.78 Å². The second kappa shape index (κ2) is 9.12. The lowest BCUT2D eigenvalue weighted by atomic mass is 9.83. The van der Waals surface area contributed by atoms with Crippen LogP contribution < -0.4 is 5.32 Å². The van der Waals surface area contributed by atoms with E-state index in [1.165, 1.54) is 0 Å². The summed E-state index contributed by atoms with van der Waals surface area (Å²) in [7, 11) is 0. The first-order valence-corrected chi connectivity index (χ1v) is 9.07. The van der Waals surface area contributed by atoms with Crippen molar-refractivity contribution in [3.8, 4) is 0 Å². The number of alkyl carbamates (subject to hydrolysis) is 1. The highest BCUT2D eigenvalue weighted by molar-refractivity contribution is 5.79. The molecule has 1 aliphatic carbocycles. The van der Waals surface area contributed by atoms with Crippen molar-refractivity contribution < 1.29 is 33.3 Å². The minimum absolute atomic E-state index is 0.122. The van der Waals surface area contributed by atoms with Gasteiger partial charge in [-0.05, 0) is 17.9 Å². The zero-order valence-corrected chi connectivity index (χ0v) is 15.0. The van der Waals surface area contributed by atoms with Crippen molar-refractivity contribution in [1.82, 2.24) is 5.32 Å². The number of carboxylic acid groups (broad SMARTS) is 1. The van der Waals surface area contributed by atoms with Crippen LogP contribution >= 0.6 is 0 Å². The van der Waals surface area contributed by atoms with Gasteiger partial charge in [0.2, 0.25) is 5.72 Å². The van der Waals surface area contributed by atoms with Gasteiger partial charge in [-0.3, -0.25) is 5.32 Å². The number of carbonyl (C=O) groups excluding carboxylic acids is 1. The van der Waals surface area contributed by atoms with Gasteiger partial charge in [-0.1, -0.05) is 62.4 Å². The molecule has 0 aliphatic heterocycles. The van der Waals surface area contributed by atoms with E-state index < -0.39 is 30.1 Å². The van der Waals surface area contributed by atoms with Crippen LogP contribution in [0.1, 0.15) is 50.5 Å². The number of carboxylic acids is 1. The summed E-state index contributed by atoms with van der Waals surface area (Å²) in [5.74, 6) is -6.93. The maximum Gasteiger partial charge on any atom is 0.409 e. The number of rotatable bonds is 8. The molecular formula is C19H25F2NO5. The molecule has 1 unspecified atom stereocenters. The number of hydrogen-bond acceptors (Lipinski definition) is 4. The Balaban J connectivity index is 2.01. The summed E-state index contributed by atoms with van der Waals surface area (Å²) in [5.41, 5.74) is -2.59. The van der Waals surface area contributed by atoms with Crippen LogP contribution in [0.25, 0.3) is 0 Å². The fourth-order valence-corrected chi connectivity index (χ4v) is 3.29. The van der Waals surface area contributed by atoms with Gasteiger partial charge in [-0.25, -0.2) is 9.59 Å². The van der Waals surface area contributed by atoms with Crippen LogP contribution in [0.4, 0.5) is 13.6 Å². The highest BCUT2D eigenvalue weighted by Gasteiger charge is 2.60. The van der Waals surface area contributed by atoms with Gasteiger partial charge in [0.25, 0.3) is 0 Å². The van der Waals surface area contributed by atoms with Gasteiger partial charge in [0.15, 0.2) is 0 Å². The van der Waals surface area contributed by atoms with Crippen molar-refractivity contribution in [2.45, 2.75) is 63.2 Å². The van der Waals surface area contributed by atoms with E-state index in [-0.39, 0.29) is 18.9 Å². The SMILES string of the molecule is O=C(NC(O)(CCC1CCCCC1)C(F)(F)C(=O)O)OCc1ccccc1. The predicted octanol–water partition coefficient (Wildman–Crippen LogP) is 3.68. The van der Waals surface area contributed by atoms with Crippen LogP contribution in [0.15, 0.2) is 30.3 Å². The molecule has 0 heterocycles. The molecule has 1 aromatic carbocycles. The molecule has 8 heteroatoms. The van der Waals surface area contributed by atoms with Gasteiger partial charge in [-0.15, -0.1) is 0 Å². The van der Waals surface area contributed by atoms with Crippen LogP contribution in [0.3, 0.4) is 0 Å². The highest BCUT2D eigenvalue weighted by atomic mass is 19.3. The number of aliphatic hydroxyl groups is 1. The number of ether oxygens (including phenoxy) is 1. The number of aliphatic carboxylic acids is 1. The predicted molar refractivity (Wildman–Crippen MR) is 93.1 cm³/mol. The Morgan fingerprint density at radius 2 is 1.78 bits per heavy atom. The van der Waals surface area contributed by atoms with Crippen molar-refractivity contribution in [1.29, 1.82) is 0 Å². The third kappa shape index (κ3) is 5.63. The van der Waals surface area contributed by atoms with E-state index in [0.717, 1.165) is 32.1 Å². The number of nitrogens with one attached hydrogen (secondary N) is 1. The Morgan fingerprint density at radius 1 is 1.15 bits per heavy atom. The normalized spacial score (nSPS) is 17.7. The Bertz CT molecular complexity index is 634. The number of hydrogen-bond donors (Lipinski definition) is 3. The van der Waals surface area contributed by atoms with E-state index in [2.05, 4.69) is 0 Å². The van der Waals surface area contributed by atoms with E-state index in [9.17, 15) is 23.5 Å². The van der Waals surface area contributed by atoms with E-state index in [1.807, 2.05) is 0 Å². The first-order valence-electron chi connectivity index (χ1n) is 9.07. The quantitative estimate of drug-likeness (QED) is 0.593. The summed E-state index contributed by atoms with van der Waals surface area (Å²) in [4.78, 5) is 22.9. The van der Waals surface area contributed by atoms with Gasteiger partial charge >= 0.3 is 18.0 Å². The van der Waals surface area contributed by atoms with Gasteiger partial charge in [0.1, 0.15) is 6.61 Å². The van der Waals surface area contributed by atoms with E-state index in [1.54, 1.807) is 35.6 Å². The topological polar surface area (TPSA) is 95.9 Å². The van der Waals surface area contributed by atoms with E-state index in [0.29, 0.717) is 5.56 Å². The monoisotopic (exact) mass is 385 g/mol. The minimum Gasteiger partial charge on any atom is -0.477 e. The third-order valence-electron chi connectivity index (χ3n) is 4.95. The van der Waals surface area contributed by atoms with Crippen molar-refractivity contribution in [3.63, 3.8) is 0 Å². The van der Waals surface area contributed by atoms with Crippen molar-refractivity contribution in [3.05, 3.63) is 35.9 Å². The Kier molecular flexibility index (Phi) is 7.12. The molecule has 27 heavy (non-hydrogen) atoms. The van der Waals surface area contributed by atoms with Crippen LogP contribution in [-0.2, 0) is 16.1 Å². The average Bonchev–Trinajstić information content (AvgIpc) is 2.66. The Hall–Kier alpha value is -2.22. The van der Waals surface area contributed by atoms with Crippen LogP contribution in [0.2, 0.25) is 0 Å². The number of carbonyl (C=O) groups is 2. The van der Waals surface area contributed by atoms with E-state index in [4.69, 9.17) is 9.84 Å². The zero-order valence-electron chi connectivity index (χ0n) is 15.0. The maximum absolute atomic E-state index is 14.2. The zero-order chi connectivity index (χ0) is 19.9. The summed E-state index contributed by atoms with van der Waals surface area (Å²) >= 11 is 0. The summed E-state index contributed by atoms with van der Waals surface area (Å²) in [6.45, 7) is -0.190. The molecule has 0 saturated heterocycles. The van der Waals surface area contributed by atoms with Crippen molar-refractivity contribution >= 4 is 12.1 Å². The van der Waals surface area contributed by atoms with Crippen molar-refractivity contribution in [2.75, 3.05) is 0 Å². The molecular weight excluding hydrogens is 360 g/mol. The molecule has 0 bridgehead atoms. The minimum atomic E-state index is -4.55. The summed E-state index contributed by atoms with van der Waals surface area (Å²) in [6.07, 6.45) is 3.04. The molecule has 1 aliphatic rings. The molecule has 1 atom stereocenters. The first-order chi connectivity index (χ1) is 12.7. The largest absolute Gasteiger partial charge is 0.477 e. The van der Waals surface area contributed by atoms with E-state index >= 15 is 0 Å². The Morgan fingerprint density at radius 3 is 2.37 bits per heavy atom. The fourth-order valence-electron chi connectivity index (χ4n) is 3.29. The molecule has 1 fully saturated rings. The first kappa shape index (κ1) is 21.1. The molecule has 1 saturated carbocycles. The maximum atomic E-state index is 14.2. The second-order valence-corrected chi connectivity index (χ2v) is 6.97. The molecule has 0 aromatic heterocycles. The van der Waals surface area contributed by atoms with Crippen LogP contribution in [0, 0.1) is 5.92 Å². The summed E-state index contributed by atoms with van der Waals surface area (Å²) in [6, 6.07) is 8.55. The Labute approximate surface area is 156 Å². The number of halogens is 2. The number of benzene rings is 1.